The van der Waals surface area contributed by atoms with Gasteiger partial charge in [0.05, 0.1) is 0 Å². The third-order valence-corrected chi connectivity index (χ3v) is 4.04. The van der Waals surface area contributed by atoms with E-state index in [1.165, 1.54) is 71.0 Å². The highest BCUT2D eigenvalue weighted by Crippen LogP contribution is 2.27. The molecular weight excluding hydrogens is 196 g/mol. The number of rotatable bonds is 7. The van der Waals surface area contributed by atoms with Crippen molar-refractivity contribution >= 4 is 0 Å². The average Bonchev–Trinajstić information content (AvgIpc) is 3.15. The Morgan fingerprint density at radius 3 is 2.62 bits per heavy atom. The maximum absolute atomic E-state index is 3.66. The van der Waals surface area contributed by atoms with Gasteiger partial charge in [-0.2, -0.15) is 0 Å². The molecule has 2 aliphatic rings. The van der Waals surface area contributed by atoms with Crippen molar-refractivity contribution in [1.29, 1.82) is 0 Å². The Bertz CT molecular complexity index is 183. The molecule has 2 rings (SSSR count). The molecule has 2 fully saturated rings. The Balaban J connectivity index is 1.64. The third-order valence-electron chi connectivity index (χ3n) is 4.04. The molecule has 2 heteroatoms. The summed E-state index contributed by atoms with van der Waals surface area (Å²) in [6.07, 6.45) is 11.3. The van der Waals surface area contributed by atoms with Crippen molar-refractivity contribution < 1.29 is 0 Å². The van der Waals surface area contributed by atoms with Gasteiger partial charge in [-0.05, 0) is 58.2 Å². The Hall–Kier alpha value is -0.0800. The number of piperidine rings is 1. The van der Waals surface area contributed by atoms with Crippen molar-refractivity contribution in [3.05, 3.63) is 0 Å². The molecule has 1 N–H and O–H groups in total. The van der Waals surface area contributed by atoms with Gasteiger partial charge in [0.25, 0.3) is 0 Å². The lowest BCUT2D eigenvalue weighted by Crippen LogP contribution is -2.38. The second-order valence-electron chi connectivity index (χ2n) is 5.56. The minimum absolute atomic E-state index is 0.816. The fraction of sp³-hybridized carbons (Fsp3) is 1.00. The molecule has 1 atom stereocenters. The second-order valence-corrected chi connectivity index (χ2v) is 5.56. The van der Waals surface area contributed by atoms with Gasteiger partial charge < -0.3 is 10.2 Å². The van der Waals surface area contributed by atoms with Gasteiger partial charge in [-0.15, -0.1) is 0 Å². The molecule has 0 radical (unpaired) electrons. The highest BCUT2D eigenvalue weighted by Gasteiger charge is 2.28. The first-order valence-electron chi connectivity index (χ1n) is 7.37. The monoisotopic (exact) mass is 224 g/mol. The summed E-state index contributed by atoms with van der Waals surface area (Å²) >= 11 is 0. The summed E-state index contributed by atoms with van der Waals surface area (Å²) in [7, 11) is 0. The lowest BCUT2D eigenvalue weighted by Gasteiger charge is -2.27. The van der Waals surface area contributed by atoms with E-state index in [1.807, 2.05) is 0 Å². The van der Waals surface area contributed by atoms with Gasteiger partial charge in [0, 0.05) is 12.1 Å². The molecule has 16 heavy (non-hydrogen) atoms. The molecule has 1 saturated carbocycles. The van der Waals surface area contributed by atoms with E-state index in [1.54, 1.807) is 0 Å². The van der Waals surface area contributed by atoms with Crippen LogP contribution in [-0.2, 0) is 0 Å². The molecule has 1 heterocycles. The summed E-state index contributed by atoms with van der Waals surface area (Å²) in [6, 6.07) is 1.77. The topological polar surface area (TPSA) is 15.3 Å². The molecule has 1 aliphatic carbocycles. The smallest absolute Gasteiger partial charge is 0.00964 e. The van der Waals surface area contributed by atoms with Gasteiger partial charge in [-0.1, -0.05) is 19.8 Å². The van der Waals surface area contributed by atoms with E-state index >= 15 is 0 Å². The molecule has 0 aromatic rings. The fourth-order valence-corrected chi connectivity index (χ4v) is 2.77. The molecule has 1 saturated heterocycles. The lowest BCUT2D eigenvalue weighted by atomic mass is 10.0. The fourth-order valence-electron chi connectivity index (χ4n) is 2.77. The SMILES string of the molecule is CCCCN(CCC1CCCCN1)C1CC1. The molecular formula is C14H28N2. The van der Waals surface area contributed by atoms with E-state index in [4.69, 9.17) is 0 Å². The lowest BCUT2D eigenvalue weighted by molar-refractivity contribution is 0.234. The standard InChI is InChI=1S/C14H28N2/c1-2-3-11-16(14-7-8-14)12-9-13-6-4-5-10-15-13/h13-15H,2-12H2,1H3. The minimum atomic E-state index is 0.816. The third kappa shape index (κ3) is 4.06. The van der Waals surface area contributed by atoms with Crippen LogP contribution in [0.25, 0.3) is 0 Å². The van der Waals surface area contributed by atoms with Gasteiger partial charge in [0.1, 0.15) is 0 Å². The maximum Gasteiger partial charge on any atom is 0.00964 e. The van der Waals surface area contributed by atoms with Gasteiger partial charge >= 0.3 is 0 Å². The van der Waals surface area contributed by atoms with Crippen LogP contribution in [0.3, 0.4) is 0 Å². The van der Waals surface area contributed by atoms with E-state index in [0.29, 0.717) is 0 Å². The van der Waals surface area contributed by atoms with Crippen molar-refractivity contribution in [2.45, 2.75) is 70.4 Å². The Labute approximate surface area is 101 Å². The summed E-state index contributed by atoms with van der Waals surface area (Å²) in [4.78, 5) is 2.75. The van der Waals surface area contributed by atoms with Crippen molar-refractivity contribution in [3.8, 4) is 0 Å². The van der Waals surface area contributed by atoms with Gasteiger partial charge in [0.15, 0.2) is 0 Å². The molecule has 0 aromatic heterocycles. The van der Waals surface area contributed by atoms with Crippen LogP contribution in [0, 0.1) is 0 Å². The first-order chi connectivity index (χ1) is 7.90. The number of nitrogens with zero attached hydrogens (tertiary/aromatic N) is 1. The second kappa shape index (κ2) is 6.61. The normalized spacial score (nSPS) is 26.2. The predicted molar refractivity (Wildman–Crippen MR) is 69.8 cm³/mol. The zero-order valence-electron chi connectivity index (χ0n) is 10.9. The molecule has 1 aliphatic heterocycles. The van der Waals surface area contributed by atoms with Crippen molar-refractivity contribution in [2.24, 2.45) is 0 Å². The highest BCUT2D eigenvalue weighted by atomic mass is 15.2. The van der Waals surface area contributed by atoms with Crippen LogP contribution in [-0.4, -0.2) is 36.6 Å². The van der Waals surface area contributed by atoms with Crippen LogP contribution in [0.1, 0.15) is 58.3 Å². The van der Waals surface area contributed by atoms with Gasteiger partial charge in [-0.3, -0.25) is 0 Å². The van der Waals surface area contributed by atoms with Crippen LogP contribution in [0.5, 0.6) is 0 Å². The van der Waals surface area contributed by atoms with Gasteiger partial charge in [-0.25, -0.2) is 0 Å². The first-order valence-corrected chi connectivity index (χ1v) is 7.37. The zero-order chi connectivity index (χ0) is 11.2. The summed E-state index contributed by atoms with van der Waals surface area (Å²) in [5.74, 6) is 0. The van der Waals surface area contributed by atoms with E-state index < -0.39 is 0 Å². The number of unbranched alkanes of at least 4 members (excludes halogenated alkanes) is 1. The summed E-state index contributed by atoms with van der Waals surface area (Å²) in [5.41, 5.74) is 0. The molecule has 2 nitrogen and oxygen atoms in total. The maximum atomic E-state index is 3.66. The molecule has 0 aromatic carbocycles. The number of nitrogens with one attached hydrogen (secondary N) is 1. The molecule has 0 amide bonds. The summed E-state index contributed by atoms with van der Waals surface area (Å²) < 4.78 is 0. The van der Waals surface area contributed by atoms with Gasteiger partial charge in [0.2, 0.25) is 0 Å². The largest absolute Gasteiger partial charge is 0.314 e. The van der Waals surface area contributed by atoms with Crippen LogP contribution in [0.15, 0.2) is 0 Å². The summed E-state index contributed by atoms with van der Waals surface area (Å²) in [6.45, 7) is 6.23. The van der Waals surface area contributed by atoms with Crippen LogP contribution >= 0.6 is 0 Å². The first kappa shape index (κ1) is 12.4. The summed E-state index contributed by atoms with van der Waals surface area (Å²) in [5, 5.41) is 3.66. The number of hydrogen-bond donors (Lipinski definition) is 1. The Morgan fingerprint density at radius 2 is 2.00 bits per heavy atom. The number of hydrogen-bond acceptors (Lipinski definition) is 2. The molecule has 0 bridgehead atoms. The quantitative estimate of drug-likeness (QED) is 0.715. The average molecular weight is 224 g/mol. The Morgan fingerprint density at radius 1 is 1.12 bits per heavy atom. The van der Waals surface area contributed by atoms with Crippen molar-refractivity contribution in [3.63, 3.8) is 0 Å². The van der Waals surface area contributed by atoms with Crippen LogP contribution < -0.4 is 5.32 Å². The Kier molecular flexibility index (Phi) is 5.11. The molecule has 94 valence electrons. The van der Waals surface area contributed by atoms with Crippen LogP contribution in [0.2, 0.25) is 0 Å². The molecule has 1 unspecified atom stereocenters. The van der Waals surface area contributed by atoms with Crippen LogP contribution in [0.4, 0.5) is 0 Å². The zero-order valence-corrected chi connectivity index (χ0v) is 10.9. The van der Waals surface area contributed by atoms with E-state index in [9.17, 15) is 0 Å². The van der Waals surface area contributed by atoms with Crippen molar-refractivity contribution in [2.75, 3.05) is 19.6 Å². The molecule has 0 spiro atoms. The van der Waals surface area contributed by atoms with E-state index in [-0.39, 0.29) is 0 Å². The predicted octanol–water partition coefficient (Wildman–Crippen LogP) is 2.78. The van der Waals surface area contributed by atoms with Crippen molar-refractivity contribution in [1.82, 2.24) is 10.2 Å². The van der Waals surface area contributed by atoms with E-state index in [2.05, 4.69) is 17.1 Å². The highest BCUT2D eigenvalue weighted by molar-refractivity contribution is 4.85. The minimum Gasteiger partial charge on any atom is -0.314 e. The van der Waals surface area contributed by atoms with E-state index in [0.717, 1.165) is 12.1 Å².